The molecule has 1 saturated heterocycles. The van der Waals surface area contributed by atoms with Gasteiger partial charge in [0.15, 0.2) is 0 Å². The molecule has 1 aliphatic rings. The number of carbonyl (C=O) groups excluding carboxylic acids is 1. The Morgan fingerprint density at radius 3 is 2.42 bits per heavy atom. The fourth-order valence-electron chi connectivity index (χ4n) is 3.37. The molecule has 1 fully saturated rings. The van der Waals surface area contributed by atoms with Crippen LogP contribution in [0.15, 0.2) is 48.5 Å². The SMILES string of the molecule is CC(C)(C(=O)N1CCC(c2cccc(Cl)c2)C1)c1cccc(Cl)c1. The van der Waals surface area contributed by atoms with Crippen molar-refractivity contribution in [1.29, 1.82) is 0 Å². The minimum absolute atomic E-state index is 0.147. The number of hydrogen-bond donors (Lipinski definition) is 0. The van der Waals surface area contributed by atoms with Gasteiger partial charge in [-0.2, -0.15) is 0 Å². The van der Waals surface area contributed by atoms with Gasteiger partial charge < -0.3 is 4.90 Å². The van der Waals surface area contributed by atoms with Crippen molar-refractivity contribution >= 4 is 29.1 Å². The van der Waals surface area contributed by atoms with Crippen LogP contribution >= 0.6 is 23.2 Å². The molecule has 0 radical (unpaired) electrons. The fraction of sp³-hybridized carbons (Fsp3) is 0.350. The Morgan fingerprint density at radius 1 is 1.08 bits per heavy atom. The highest BCUT2D eigenvalue weighted by Gasteiger charge is 2.37. The van der Waals surface area contributed by atoms with Crippen molar-refractivity contribution in [2.24, 2.45) is 0 Å². The number of carbonyl (C=O) groups is 1. The highest BCUT2D eigenvalue weighted by atomic mass is 35.5. The first-order valence-electron chi connectivity index (χ1n) is 8.19. The third-order valence-electron chi connectivity index (χ3n) is 4.88. The zero-order valence-corrected chi connectivity index (χ0v) is 15.4. The van der Waals surface area contributed by atoms with Crippen molar-refractivity contribution < 1.29 is 4.79 Å². The number of hydrogen-bond acceptors (Lipinski definition) is 1. The lowest BCUT2D eigenvalue weighted by Crippen LogP contribution is -2.42. The summed E-state index contributed by atoms with van der Waals surface area (Å²) >= 11 is 12.2. The normalized spacial score (nSPS) is 18.0. The Labute approximate surface area is 153 Å². The molecule has 1 atom stereocenters. The smallest absolute Gasteiger partial charge is 0.232 e. The lowest BCUT2D eigenvalue weighted by molar-refractivity contribution is -0.135. The van der Waals surface area contributed by atoms with Crippen LogP contribution in [0.4, 0.5) is 0 Å². The van der Waals surface area contributed by atoms with Crippen molar-refractivity contribution in [2.75, 3.05) is 13.1 Å². The van der Waals surface area contributed by atoms with Gasteiger partial charge in [0.05, 0.1) is 5.41 Å². The van der Waals surface area contributed by atoms with Gasteiger partial charge in [-0.1, -0.05) is 47.5 Å². The predicted molar refractivity (Wildman–Crippen MR) is 99.9 cm³/mol. The molecule has 1 heterocycles. The van der Waals surface area contributed by atoms with E-state index in [0.29, 0.717) is 10.9 Å². The molecule has 0 aliphatic carbocycles. The van der Waals surface area contributed by atoms with Crippen molar-refractivity contribution in [3.05, 3.63) is 69.7 Å². The van der Waals surface area contributed by atoms with Crippen LogP contribution in [0, 0.1) is 0 Å². The Balaban J connectivity index is 1.76. The van der Waals surface area contributed by atoms with E-state index >= 15 is 0 Å². The summed E-state index contributed by atoms with van der Waals surface area (Å²) in [5, 5.41) is 1.41. The summed E-state index contributed by atoms with van der Waals surface area (Å²) in [5.41, 5.74) is 1.57. The molecule has 1 amide bonds. The maximum Gasteiger partial charge on any atom is 0.232 e. The Bertz CT molecular complexity index is 757. The lowest BCUT2D eigenvalue weighted by atomic mass is 9.83. The van der Waals surface area contributed by atoms with Crippen LogP contribution in [0.2, 0.25) is 10.0 Å². The van der Waals surface area contributed by atoms with Crippen LogP contribution in [0.1, 0.15) is 37.3 Å². The second-order valence-corrected chi connectivity index (χ2v) is 7.80. The quantitative estimate of drug-likeness (QED) is 0.727. The summed E-state index contributed by atoms with van der Waals surface area (Å²) in [4.78, 5) is 15.0. The van der Waals surface area contributed by atoms with Crippen LogP contribution in [0.3, 0.4) is 0 Å². The van der Waals surface area contributed by atoms with E-state index in [1.807, 2.05) is 61.2 Å². The maximum atomic E-state index is 13.1. The molecule has 0 aromatic heterocycles. The highest BCUT2D eigenvalue weighted by molar-refractivity contribution is 6.30. The number of rotatable bonds is 3. The summed E-state index contributed by atoms with van der Waals surface area (Å²) in [5.74, 6) is 0.497. The van der Waals surface area contributed by atoms with E-state index in [-0.39, 0.29) is 5.91 Å². The number of benzene rings is 2. The van der Waals surface area contributed by atoms with Gasteiger partial charge in [-0.25, -0.2) is 0 Å². The van der Waals surface area contributed by atoms with Gasteiger partial charge >= 0.3 is 0 Å². The molecule has 24 heavy (non-hydrogen) atoms. The van der Waals surface area contributed by atoms with Gasteiger partial charge in [-0.3, -0.25) is 4.79 Å². The number of halogens is 2. The Hall–Kier alpha value is -1.51. The molecule has 0 saturated carbocycles. The lowest BCUT2D eigenvalue weighted by Gasteiger charge is -2.30. The van der Waals surface area contributed by atoms with Crippen molar-refractivity contribution in [3.63, 3.8) is 0 Å². The largest absolute Gasteiger partial charge is 0.341 e. The minimum atomic E-state index is -0.589. The molecule has 126 valence electrons. The summed E-state index contributed by atoms with van der Waals surface area (Å²) < 4.78 is 0. The molecule has 0 N–H and O–H groups in total. The van der Waals surface area contributed by atoms with E-state index < -0.39 is 5.41 Å². The van der Waals surface area contributed by atoms with Gasteiger partial charge in [0, 0.05) is 29.1 Å². The van der Waals surface area contributed by atoms with E-state index in [2.05, 4.69) is 6.07 Å². The third kappa shape index (κ3) is 3.45. The van der Waals surface area contributed by atoms with Crippen LogP contribution in [0.25, 0.3) is 0 Å². The first kappa shape index (κ1) is 17.3. The topological polar surface area (TPSA) is 20.3 Å². The summed E-state index contributed by atoms with van der Waals surface area (Å²) in [7, 11) is 0. The van der Waals surface area contributed by atoms with Crippen molar-refractivity contribution in [3.8, 4) is 0 Å². The zero-order chi connectivity index (χ0) is 17.3. The number of nitrogens with zero attached hydrogens (tertiary/aromatic N) is 1. The highest BCUT2D eigenvalue weighted by Crippen LogP contribution is 2.33. The standard InChI is InChI=1S/C20H21Cl2NO/c1-20(2,16-6-4-8-18(22)12-16)19(24)23-10-9-15(13-23)14-5-3-7-17(21)11-14/h3-8,11-12,15H,9-10,13H2,1-2H3. The summed E-state index contributed by atoms with van der Waals surface area (Å²) in [6.07, 6.45) is 0.970. The number of likely N-dealkylation sites (tertiary alicyclic amines) is 1. The molecular weight excluding hydrogens is 341 g/mol. The minimum Gasteiger partial charge on any atom is -0.341 e. The summed E-state index contributed by atoms with van der Waals surface area (Å²) in [6.45, 7) is 5.45. The zero-order valence-electron chi connectivity index (χ0n) is 13.9. The van der Waals surface area contributed by atoms with Gasteiger partial charge in [-0.05, 0) is 55.7 Å². The molecule has 2 nitrogen and oxygen atoms in total. The second-order valence-electron chi connectivity index (χ2n) is 6.93. The summed E-state index contributed by atoms with van der Waals surface area (Å²) in [6, 6.07) is 15.5. The van der Waals surface area contributed by atoms with E-state index in [1.54, 1.807) is 0 Å². The maximum absolute atomic E-state index is 13.1. The molecule has 3 rings (SSSR count). The average Bonchev–Trinajstić information content (AvgIpc) is 3.04. The molecule has 4 heteroatoms. The van der Waals surface area contributed by atoms with Gasteiger partial charge in [0.2, 0.25) is 5.91 Å². The Kier molecular flexibility index (Phi) is 4.89. The molecular formula is C20H21Cl2NO. The van der Waals surface area contributed by atoms with Crippen molar-refractivity contribution in [1.82, 2.24) is 4.90 Å². The molecule has 0 spiro atoms. The number of amides is 1. The van der Waals surface area contributed by atoms with Crippen LogP contribution < -0.4 is 0 Å². The molecule has 2 aromatic carbocycles. The van der Waals surface area contributed by atoms with E-state index in [1.165, 1.54) is 5.56 Å². The molecule has 1 aliphatic heterocycles. The van der Waals surface area contributed by atoms with E-state index in [0.717, 1.165) is 30.1 Å². The van der Waals surface area contributed by atoms with Gasteiger partial charge in [0.1, 0.15) is 0 Å². The first-order valence-corrected chi connectivity index (χ1v) is 8.94. The molecule has 2 aromatic rings. The molecule has 1 unspecified atom stereocenters. The van der Waals surface area contributed by atoms with Crippen LogP contribution in [0.5, 0.6) is 0 Å². The Morgan fingerprint density at radius 2 is 1.75 bits per heavy atom. The molecule has 0 bridgehead atoms. The van der Waals surface area contributed by atoms with E-state index in [9.17, 15) is 4.79 Å². The van der Waals surface area contributed by atoms with E-state index in [4.69, 9.17) is 23.2 Å². The first-order chi connectivity index (χ1) is 11.4. The fourth-order valence-corrected chi connectivity index (χ4v) is 3.76. The monoisotopic (exact) mass is 361 g/mol. The van der Waals surface area contributed by atoms with Crippen LogP contribution in [-0.4, -0.2) is 23.9 Å². The van der Waals surface area contributed by atoms with Gasteiger partial charge in [0.25, 0.3) is 0 Å². The van der Waals surface area contributed by atoms with Crippen LogP contribution in [-0.2, 0) is 10.2 Å². The third-order valence-corrected chi connectivity index (χ3v) is 5.35. The second kappa shape index (κ2) is 6.78. The van der Waals surface area contributed by atoms with Gasteiger partial charge in [-0.15, -0.1) is 0 Å². The average molecular weight is 362 g/mol. The van der Waals surface area contributed by atoms with Crippen molar-refractivity contribution in [2.45, 2.75) is 31.6 Å². The predicted octanol–water partition coefficient (Wildman–Crippen LogP) is 5.29.